The Hall–Kier alpha value is -2.07. The Kier molecular flexibility index (Phi) is 4.02. The number of halogens is 1. The molecule has 0 aliphatic carbocycles. The maximum Gasteiger partial charge on any atom is 0.125 e. The minimum Gasteiger partial charge on any atom is -0.497 e. The van der Waals surface area contributed by atoms with Gasteiger partial charge in [-0.2, -0.15) is 0 Å². The molecule has 2 aromatic rings. The molecule has 0 saturated carbocycles. The standard InChI is InChI=1S/C15H16FNO2/c1-17(13-3-5-15(19-2)6-4-13)14-8-11(10-18)7-12(16)9-14/h3-9,18H,10H2,1-2H3. The third kappa shape index (κ3) is 3.03. The van der Waals surface area contributed by atoms with Gasteiger partial charge in [0.2, 0.25) is 0 Å². The van der Waals surface area contributed by atoms with Gasteiger partial charge in [-0.25, -0.2) is 4.39 Å². The molecule has 0 atom stereocenters. The first kappa shape index (κ1) is 13.4. The number of anilines is 2. The molecule has 0 heterocycles. The summed E-state index contributed by atoms with van der Waals surface area (Å²) in [5.74, 6) is 0.411. The summed E-state index contributed by atoms with van der Waals surface area (Å²) < 4.78 is 18.6. The van der Waals surface area contributed by atoms with Gasteiger partial charge in [-0.1, -0.05) is 0 Å². The highest BCUT2D eigenvalue weighted by molar-refractivity contribution is 5.63. The molecular weight excluding hydrogens is 245 g/mol. The van der Waals surface area contributed by atoms with Crippen LogP contribution >= 0.6 is 0 Å². The molecule has 2 rings (SSSR count). The van der Waals surface area contributed by atoms with Crippen molar-refractivity contribution < 1.29 is 14.2 Å². The van der Waals surface area contributed by atoms with E-state index in [4.69, 9.17) is 9.84 Å². The van der Waals surface area contributed by atoms with Gasteiger partial charge in [-0.15, -0.1) is 0 Å². The molecule has 0 radical (unpaired) electrons. The van der Waals surface area contributed by atoms with Crippen LogP contribution < -0.4 is 9.64 Å². The molecule has 0 fully saturated rings. The van der Waals surface area contributed by atoms with Crippen LogP contribution in [0.4, 0.5) is 15.8 Å². The van der Waals surface area contributed by atoms with Crippen LogP contribution in [-0.4, -0.2) is 19.3 Å². The van der Waals surface area contributed by atoms with Gasteiger partial charge >= 0.3 is 0 Å². The van der Waals surface area contributed by atoms with Gasteiger partial charge in [-0.3, -0.25) is 0 Å². The first-order valence-corrected chi connectivity index (χ1v) is 5.92. The van der Waals surface area contributed by atoms with Crippen LogP contribution in [0.25, 0.3) is 0 Å². The molecule has 0 unspecified atom stereocenters. The van der Waals surface area contributed by atoms with E-state index in [9.17, 15) is 4.39 Å². The normalized spacial score (nSPS) is 10.3. The van der Waals surface area contributed by atoms with Crippen molar-refractivity contribution in [1.82, 2.24) is 0 Å². The molecule has 0 bridgehead atoms. The summed E-state index contributed by atoms with van der Waals surface area (Å²) >= 11 is 0. The number of nitrogens with zero attached hydrogens (tertiary/aromatic N) is 1. The number of rotatable bonds is 4. The second-order valence-electron chi connectivity index (χ2n) is 4.23. The van der Waals surface area contributed by atoms with Crippen LogP contribution in [0.2, 0.25) is 0 Å². The molecule has 0 aliphatic rings. The fourth-order valence-electron chi connectivity index (χ4n) is 1.87. The van der Waals surface area contributed by atoms with Crippen LogP contribution in [0.5, 0.6) is 5.75 Å². The van der Waals surface area contributed by atoms with Crippen molar-refractivity contribution in [3.63, 3.8) is 0 Å². The minimum absolute atomic E-state index is 0.179. The molecule has 19 heavy (non-hydrogen) atoms. The van der Waals surface area contributed by atoms with Gasteiger partial charge in [-0.05, 0) is 48.0 Å². The second-order valence-corrected chi connectivity index (χ2v) is 4.23. The number of ether oxygens (including phenoxy) is 1. The van der Waals surface area contributed by atoms with Crippen molar-refractivity contribution in [2.45, 2.75) is 6.61 Å². The van der Waals surface area contributed by atoms with Crippen LogP contribution in [0.3, 0.4) is 0 Å². The molecule has 0 saturated heterocycles. The van der Waals surface area contributed by atoms with Crippen LogP contribution in [0.1, 0.15) is 5.56 Å². The third-order valence-corrected chi connectivity index (χ3v) is 2.97. The van der Waals surface area contributed by atoms with E-state index in [1.807, 2.05) is 36.2 Å². The summed E-state index contributed by atoms with van der Waals surface area (Å²) in [6.45, 7) is -0.179. The smallest absolute Gasteiger partial charge is 0.125 e. The van der Waals surface area contributed by atoms with Crippen molar-refractivity contribution in [2.75, 3.05) is 19.1 Å². The predicted octanol–water partition coefficient (Wildman–Crippen LogP) is 3.09. The molecule has 4 heteroatoms. The van der Waals surface area contributed by atoms with E-state index in [0.717, 1.165) is 11.4 Å². The summed E-state index contributed by atoms with van der Waals surface area (Å²) in [5, 5.41) is 9.11. The molecular formula is C15H16FNO2. The third-order valence-electron chi connectivity index (χ3n) is 2.97. The summed E-state index contributed by atoms with van der Waals surface area (Å²) in [5.41, 5.74) is 2.15. The molecule has 0 amide bonds. The zero-order valence-corrected chi connectivity index (χ0v) is 10.9. The average Bonchev–Trinajstić information content (AvgIpc) is 2.46. The molecule has 0 aliphatic heterocycles. The van der Waals surface area contributed by atoms with Crippen LogP contribution in [0.15, 0.2) is 42.5 Å². The first-order chi connectivity index (χ1) is 9.13. The Morgan fingerprint density at radius 2 is 1.79 bits per heavy atom. The first-order valence-electron chi connectivity index (χ1n) is 5.92. The van der Waals surface area contributed by atoms with Gasteiger partial charge in [0.15, 0.2) is 0 Å². The van der Waals surface area contributed by atoms with E-state index in [-0.39, 0.29) is 12.4 Å². The lowest BCUT2D eigenvalue weighted by molar-refractivity contribution is 0.281. The van der Waals surface area contributed by atoms with Gasteiger partial charge in [0.25, 0.3) is 0 Å². The van der Waals surface area contributed by atoms with Gasteiger partial charge < -0.3 is 14.7 Å². The van der Waals surface area contributed by atoms with E-state index in [1.165, 1.54) is 12.1 Å². The van der Waals surface area contributed by atoms with E-state index in [0.29, 0.717) is 11.3 Å². The topological polar surface area (TPSA) is 32.7 Å². The maximum atomic E-state index is 13.5. The highest BCUT2D eigenvalue weighted by Crippen LogP contribution is 2.27. The summed E-state index contributed by atoms with van der Waals surface area (Å²) in [6.07, 6.45) is 0. The molecule has 1 N–H and O–H groups in total. The second kappa shape index (κ2) is 5.71. The number of hydrogen-bond donors (Lipinski definition) is 1. The van der Waals surface area contributed by atoms with Crippen LogP contribution in [-0.2, 0) is 6.61 Å². The lowest BCUT2D eigenvalue weighted by Gasteiger charge is -2.20. The fraction of sp³-hybridized carbons (Fsp3) is 0.200. The highest BCUT2D eigenvalue weighted by Gasteiger charge is 2.07. The summed E-state index contributed by atoms with van der Waals surface area (Å²) in [7, 11) is 3.45. The van der Waals surface area contributed by atoms with Crippen molar-refractivity contribution in [2.24, 2.45) is 0 Å². The molecule has 2 aromatic carbocycles. The minimum atomic E-state index is -0.359. The summed E-state index contributed by atoms with van der Waals surface area (Å²) in [4.78, 5) is 1.85. The van der Waals surface area contributed by atoms with Gasteiger partial charge in [0.1, 0.15) is 11.6 Å². The quantitative estimate of drug-likeness (QED) is 0.918. The van der Waals surface area contributed by atoms with E-state index in [1.54, 1.807) is 13.2 Å². The monoisotopic (exact) mass is 261 g/mol. The zero-order valence-electron chi connectivity index (χ0n) is 10.9. The van der Waals surface area contributed by atoms with Crippen molar-refractivity contribution in [3.8, 4) is 5.75 Å². The van der Waals surface area contributed by atoms with E-state index >= 15 is 0 Å². The lowest BCUT2D eigenvalue weighted by Crippen LogP contribution is -2.10. The van der Waals surface area contributed by atoms with Gasteiger partial charge in [0, 0.05) is 18.4 Å². The van der Waals surface area contributed by atoms with E-state index < -0.39 is 0 Å². The van der Waals surface area contributed by atoms with Crippen molar-refractivity contribution in [1.29, 1.82) is 0 Å². The number of benzene rings is 2. The largest absolute Gasteiger partial charge is 0.497 e. The molecule has 0 aromatic heterocycles. The number of aliphatic hydroxyl groups excluding tert-OH is 1. The Balaban J connectivity index is 2.31. The highest BCUT2D eigenvalue weighted by atomic mass is 19.1. The van der Waals surface area contributed by atoms with Crippen molar-refractivity contribution in [3.05, 3.63) is 53.8 Å². The summed E-state index contributed by atoms with van der Waals surface area (Å²) in [6, 6.07) is 12.0. The average molecular weight is 261 g/mol. The molecule has 0 spiro atoms. The lowest BCUT2D eigenvalue weighted by atomic mass is 10.1. The van der Waals surface area contributed by atoms with Crippen molar-refractivity contribution >= 4 is 11.4 Å². The van der Waals surface area contributed by atoms with Gasteiger partial charge in [0.05, 0.1) is 13.7 Å². The SMILES string of the molecule is COc1ccc(N(C)c2cc(F)cc(CO)c2)cc1. The Labute approximate surface area is 111 Å². The number of methoxy groups -OCH3 is 1. The zero-order chi connectivity index (χ0) is 13.8. The Bertz CT molecular complexity index is 555. The number of aliphatic hydroxyl groups is 1. The molecule has 100 valence electrons. The fourth-order valence-corrected chi connectivity index (χ4v) is 1.87. The predicted molar refractivity (Wildman–Crippen MR) is 73.4 cm³/mol. The number of hydrogen-bond acceptors (Lipinski definition) is 3. The molecule has 3 nitrogen and oxygen atoms in total. The van der Waals surface area contributed by atoms with Crippen LogP contribution in [0, 0.1) is 5.82 Å². The van der Waals surface area contributed by atoms with E-state index in [2.05, 4.69) is 0 Å². The maximum absolute atomic E-state index is 13.5. The Morgan fingerprint density at radius 3 is 2.37 bits per heavy atom. The Morgan fingerprint density at radius 1 is 1.11 bits per heavy atom.